The van der Waals surface area contributed by atoms with E-state index in [2.05, 4.69) is 53.2 Å². The molecule has 3 aliphatic rings. The second-order valence-corrected chi connectivity index (χ2v) is 8.09. The van der Waals surface area contributed by atoms with E-state index in [9.17, 15) is 4.79 Å². The summed E-state index contributed by atoms with van der Waals surface area (Å²) in [7, 11) is 0. The summed E-state index contributed by atoms with van der Waals surface area (Å²) < 4.78 is 5.60. The van der Waals surface area contributed by atoms with Crippen molar-refractivity contribution in [3.63, 3.8) is 0 Å². The fraction of sp³-hybridized carbons (Fsp3) is 0.650. The summed E-state index contributed by atoms with van der Waals surface area (Å²) in [5.41, 5.74) is 1.30. The van der Waals surface area contributed by atoms with Crippen LogP contribution in [0.4, 0.5) is 4.79 Å². The predicted octanol–water partition coefficient (Wildman–Crippen LogP) is 2.52. The first-order chi connectivity index (χ1) is 12.1. The zero-order valence-electron chi connectivity index (χ0n) is 15.0. The first-order valence-corrected chi connectivity index (χ1v) is 9.58. The minimum atomic E-state index is -0.0588. The van der Waals surface area contributed by atoms with E-state index in [0.717, 1.165) is 51.9 Å². The Labute approximate surface area is 149 Å². The average molecular weight is 343 g/mol. The Morgan fingerprint density at radius 1 is 1.20 bits per heavy atom. The van der Waals surface area contributed by atoms with Crippen molar-refractivity contribution in [3.05, 3.63) is 35.9 Å². The average Bonchev–Trinajstić information content (AvgIpc) is 3.29. The smallest absolute Gasteiger partial charge is 0.315 e. The Morgan fingerprint density at radius 3 is 2.56 bits per heavy atom. The number of ether oxygens (including phenoxy) is 1. The van der Waals surface area contributed by atoms with Gasteiger partial charge in [0.15, 0.2) is 0 Å². The Balaban J connectivity index is 1.54. The second-order valence-electron chi connectivity index (χ2n) is 8.09. The van der Waals surface area contributed by atoms with Crippen molar-refractivity contribution in [2.75, 3.05) is 19.8 Å². The van der Waals surface area contributed by atoms with Gasteiger partial charge in [-0.1, -0.05) is 30.3 Å². The first-order valence-electron chi connectivity index (χ1n) is 9.58. The van der Waals surface area contributed by atoms with Crippen LogP contribution in [0.15, 0.2) is 30.3 Å². The van der Waals surface area contributed by atoms with Crippen LogP contribution < -0.4 is 16.0 Å². The maximum absolute atomic E-state index is 11.6. The minimum Gasteiger partial charge on any atom is -0.381 e. The molecule has 25 heavy (non-hydrogen) atoms. The fourth-order valence-corrected chi connectivity index (χ4v) is 4.81. The number of urea groups is 1. The standard InChI is InChI=1S/C20H29N3O2/c1-15(16-7-12-25-13-16)22-20(17-5-3-2-4-6-17)10-8-19(9-11-20)14-21-18(24)23-19/h2-6,15-16,22H,7-14H2,1H3,(H2,21,23,24). The van der Waals surface area contributed by atoms with E-state index in [1.54, 1.807) is 0 Å². The Morgan fingerprint density at radius 2 is 1.96 bits per heavy atom. The third kappa shape index (κ3) is 3.27. The molecular weight excluding hydrogens is 314 g/mol. The Bertz CT molecular complexity index is 605. The van der Waals surface area contributed by atoms with E-state index >= 15 is 0 Å². The third-order valence-electron chi connectivity index (χ3n) is 6.53. The molecule has 5 nitrogen and oxygen atoms in total. The van der Waals surface area contributed by atoms with Crippen molar-refractivity contribution in [1.82, 2.24) is 16.0 Å². The van der Waals surface area contributed by atoms with Crippen LogP contribution in [0, 0.1) is 5.92 Å². The lowest BCUT2D eigenvalue weighted by molar-refractivity contribution is 0.126. The number of hydrogen-bond donors (Lipinski definition) is 3. The summed E-state index contributed by atoms with van der Waals surface area (Å²) in [4.78, 5) is 11.6. The quantitative estimate of drug-likeness (QED) is 0.787. The van der Waals surface area contributed by atoms with Gasteiger partial charge in [0.25, 0.3) is 0 Å². The molecule has 5 heteroatoms. The zero-order chi connectivity index (χ0) is 17.3. The van der Waals surface area contributed by atoms with E-state index in [1.807, 2.05) is 0 Å². The SMILES string of the molecule is CC(NC1(c2ccccc2)CCC2(CC1)CNC(=O)N2)C1CCOC1. The monoisotopic (exact) mass is 343 g/mol. The van der Waals surface area contributed by atoms with Crippen LogP contribution in [0.5, 0.6) is 0 Å². The molecule has 2 saturated heterocycles. The van der Waals surface area contributed by atoms with Crippen molar-refractivity contribution < 1.29 is 9.53 Å². The van der Waals surface area contributed by atoms with Gasteiger partial charge in [-0.05, 0) is 50.5 Å². The minimum absolute atomic E-state index is 0.0121. The molecule has 1 aromatic carbocycles. The lowest BCUT2D eigenvalue weighted by atomic mass is 9.69. The number of hydrogen-bond acceptors (Lipinski definition) is 3. The van der Waals surface area contributed by atoms with Gasteiger partial charge in [-0.25, -0.2) is 4.79 Å². The number of nitrogens with one attached hydrogen (secondary N) is 3. The highest BCUT2D eigenvalue weighted by Crippen LogP contribution is 2.43. The van der Waals surface area contributed by atoms with Crippen LogP contribution in [-0.4, -0.2) is 37.4 Å². The van der Waals surface area contributed by atoms with E-state index in [4.69, 9.17) is 4.74 Å². The van der Waals surface area contributed by atoms with Crippen molar-refractivity contribution >= 4 is 6.03 Å². The molecule has 0 bridgehead atoms. The van der Waals surface area contributed by atoms with Crippen molar-refractivity contribution in [2.45, 2.75) is 56.1 Å². The molecule has 1 spiro atoms. The van der Waals surface area contributed by atoms with Gasteiger partial charge in [-0.15, -0.1) is 0 Å². The maximum Gasteiger partial charge on any atom is 0.315 e. The predicted molar refractivity (Wildman–Crippen MR) is 97.4 cm³/mol. The van der Waals surface area contributed by atoms with Crippen LogP contribution in [0.2, 0.25) is 0 Å². The van der Waals surface area contributed by atoms with Crippen LogP contribution in [0.1, 0.15) is 44.6 Å². The number of rotatable bonds is 4. The molecule has 2 heterocycles. The lowest BCUT2D eigenvalue weighted by Crippen LogP contribution is -2.57. The van der Waals surface area contributed by atoms with Crippen molar-refractivity contribution in [3.8, 4) is 0 Å². The summed E-state index contributed by atoms with van der Waals surface area (Å²) in [6.45, 7) is 4.80. The van der Waals surface area contributed by atoms with Crippen LogP contribution in [-0.2, 0) is 10.3 Å². The van der Waals surface area contributed by atoms with Gasteiger partial charge < -0.3 is 20.7 Å². The highest BCUT2D eigenvalue weighted by atomic mass is 16.5. The molecule has 136 valence electrons. The molecule has 0 radical (unpaired) electrons. The molecule has 2 amide bonds. The van der Waals surface area contributed by atoms with Gasteiger partial charge in [0.2, 0.25) is 0 Å². The van der Waals surface area contributed by atoms with Gasteiger partial charge >= 0.3 is 6.03 Å². The molecule has 2 unspecified atom stereocenters. The molecule has 1 aromatic rings. The molecule has 4 rings (SSSR count). The number of carbonyl (C=O) groups is 1. The van der Waals surface area contributed by atoms with E-state index in [-0.39, 0.29) is 17.1 Å². The zero-order valence-corrected chi connectivity index (χ0v) is 15.0. The summed E-state index contributed by atoms with van der Waals surface area (Å²) in [5.74, 6) is 0.587. The second kappa shape index (κ2) is 6.61. The summed E-state index contributed by atoms with van der Waals surface area (Å²) in [6.07, 6.45) is 5.22. The number of benzene rings is 1. The largest absolute Gasteiger partial charge is 0.381 e. The van der Waals surface area contributed by atoms with Crippen LogP contribution in [0.3, 0.4) is 0 Å². The molecule has 3 N–H and O–H groups in total. The van der Waals surface area contributed by atoms with E-state index < -0.39 is 0 Å². The van der Waals surface area contributed by atoms with Crippen molar-refractivity contribution in [2.24, 2.45) is 5.92 Å². The van der Waals surface area contributed by atoms with Crippen LogP contribution >= 0.6 is 0 Å². The number of amides is 2. The Hall–Kier alpha value is -1.59. The first kappa shape index (κ1) is 16.9. The molecule has 3 fully saturated rings. The van der Waals surface area contributed by atoms with Gasteiger partial charge in [0.05, 0.1) is 12.1 Å². The molecule has 2 aliphatic heterocycles. The van der Waals surface area contributed by atoms with Gasteiger partial charge in [-0.2, -0.15) is 0 Å². The molecule has 1 aliphatic carbocycles. The Kier molecular flexibility index (Phi) is 4.46. The highest BCUT2D eigenvalue weighted by molar-refractivity contribution is 5.77. The molecule has 2 atom stereocenters. The summed E-state index contributed by atoms with van der Waals surface area (Å²) >= 11 is 0. The molecular formula is C20H29N3O2. The lowest BCUT2D eigenvalue weighted by Gasteiger charge is -2.47. The van der Waals surface area contributed by atoms with E-state index in [1.165, 1.54) is 5.56 Å². The van der Waals surface area contributed by atoms with Gasteiger partial charge in [0, 0.05) is 24.7 Å². The summed E-state index contributed by atoms with van der Waals surface area (Å²) in [5, 5.41) is 10.1. The topological polar surface area (TPSA) is 62.4 Å². The van der Waals surface area contributed by atoms with E-state index in [0.29, 0.717) is 12.0 Å². The molecule has 0 aromatic heterocycles. The molecule has 1 saturated carbocycles. The maximum atomic E-state index is 11.6. The van der Waals surface area contributed by atoms with Crippen LogP contribution in [0.25, 0.3) is 0 Å². The summed E-state index contributed by atoms with van der Waals surface area (Å²) in [6, 6.07) is 11.2. The van der Waals surface area contributed by atoms with Gasteiger partial charge in [-0.3, -0.25) is 0 Å². The fourth-order valence-electron chi connectivity index (χ4n) is 4.81. The third-order valence-corrected chi connectivity index (χ3v) is 6.53. The highest BCUT2D eigenvalue weighted by Gasteiger charge is 2.47. The van der Waals surface area contributed by atoms with Crippen molar-refractivity contribution in [1.29, 1.82) is 0 Å². The van der Waals surface area contributed by atoms with Gasteiger partial charge in [0.1, 0.15) is 0 Å². The normalized spacial score (nSPS) is 36.2. The number of carbonyl (C=O) groups excluding carboxylic acids is 1.